The number of amides is 1. The van der Waals surface area contributed by atoms with Crippen molar-refractivity contribution in [2.45, 2.75) is 45.8 Å². The molecule has 0 aliphatic carbocycles. The highest BCUT2D eigenvalue weighted by atomic mass is 16.6. The lowest BCUT2D eigenvalue weighted by atomic mass is 9.95. The van der Waals surface area contributed by atoms with E-state index >= 15 is 0 Å². The molecule has 0 radical (unpaired) electrons. The fourth-order valence-electron chi connectivity index (χ4n) is 2.67. The van der Waals surface area contributed by atoms with Crippen LogP contribution in [0.1, 0.15) is 40.2 Å². The molecule has 3 rings (SSSR count). The third-order valence-electron chi connectivity index (χ3n) is 4.03. The highest BCUT2D eigenvalue weighted by Gasteiger charge is 2.26. The summed E-state index contributed by atoms with van der Waals surface area (Å²) in [6.07, 6.45) is 3.13. The van der Waals surface area contributed by atoms with Crippen LogP contribution in [-0.2, 0) is 10.3 Å². The second kappa shape index (κ2) is 6.44. The van der Waals surface area contributed by atoms with E-state index in [1.165, 1.54) is 0 Å². The predicted octanol–water partition coefficient (Wildman–Crippen LogP) is 4.38. The Morgan fingerprint density at radius 3 is 2.50 bits per heavy atom. The van der Waals surface area contributed by atoms with Gasteiger partial charge in [0.2, 0.25) is 0 Å². The van der Waals surface area contributed by atoms with Crippen LogP contribution in [0.15, 0.2) is 42.7 Å². The minimum Gasteiger partial charge on any atom is -0.444 e. The molecule has 6 nitrogen and oxygen atoms in total. The van der Waals surface area contributed by atoms with E-state index in [9.17, 15) is 4.79 Å². The van der Waals surface area contributed by atoms with E-state index in [1.54, 1.807) is 12.4 Å². The van der Waals surface area contributed by atoms with E-state index in [4.69, 9.17) is 4.74 Å². The van der Waals surface area contributed by atoms with Crippen molar-refractivity contribution in [2.24, 2.45) is 0 Å². The zero-order valence-electron chi connectivity index (χ0n) is 15.8. The van der Waals surface area contributed by atoms with Gasteiger partial charge in [-0.15, -0.1) is 0 Å². The first-order valence-electron chi connectivity index (χ1n) is 8.55. The number of ether oxygens (including phenoxy) is 1. The van der Waals surface area contributed by atoms with Crippen molar-refractivity contribution in [2.75, 3.05) is 0 Å². The Hall–Kier alpha value is -2.89. The standard InChI is InChI=1S/C20H24N4O2/c1-19(2,3)26-18(25)23-20(4,5)15-7-9-16(21-12-15)13-6-8-17-14(10-13)11-22-24-17/h6-12H,1-5H3,(H,22,24)(H,23,25). The molecule has 2 heterocycles. The van der Waals surface area contributed by atoms with Gasteiger partial charge in [0.1, 0.15) is 5.60 Å². The summed E-state index contributed by atoms with van der Waals surface area (Å²) in [5.74, 6) is 0. The summed E-state index contributed by atoms with van der Waals surface area (Å²) in [4.78, 5) is 16.6. The van der Waals surface area contributed by atoms with Crippen molar-refractivity contribution >= 4 is 17.0 Å². The molecule has 26 heavy (non-hydrogen) atoms. The molecule has 0 saturated carbocycles. The van der Waals surface area contributed by atoms with Crippen molar-refractivity contribution in [1.29, 1.82) is 0 Å². The normalized spacial score (nSPS) is 12.2. The van der Waals surface area contributed by atoms with Crippen molar-refractivity contribution in [3.05, 3.63) is 48.3 Å². The number of fused-ring (bicyclic) bond motifs is 1. The molecule has 0 fully saturated rings. The number of H-pyrrole nitrogens is 1. The maximum Gasteiger partial charge on any atom is 0.408 e. The van der Waals surface area contributed by atoms with Gasteiger partial charge in [0, 0.05) is 17.1 Å². The maximum absolute atomic E-state index is 12.1. The van der Waals surface area contributed by atoms with Gasteiger partial charge in [0.15, 0.2) is 0 Å². The van der Waals surface area contributed by atoms with Crippen LogP contribution in [0.2, 0.25) is 0 Å². The third kappa shape index (κ3) is 4.02. The van der Waals surface area contributed by atoms with Crippen molar-refractivity contribution in [3.63, 3.8) is 0 Å². The summed E-state index contributed by atoms with van der Waals surface area (Å²) >= 11 is 0. The van der Waals surface area contributed by atoms with Crippen LogP contribution in [0.5, 0.6) is 0 Å². The Balaban J connectivity index is 1.78. The van der Waals surface area contributed by atoms with Crippen molar-refractivity contribution in [3.8, 4) is 11.3 Å². The molecule has 0 spiro atoms. The molecule has 0 bridgehead atoms. The van der Waals surface area contributed by atoms with Crippen LogP contribution in [-0.4, -0.2) is 26.9 Å². The fraction of sp³-hybridized carbons (Fsp3) is 0.350. The second-order valence-corrected chi connectivity index (χ2v) is 7.86. The Morgan fingerprint density at radius 1 is 1.08 bits per heavy atom. The lowest BCUT2D eigenvalue weighted by Crippen LogP contribution is -2.43. The molecule has 0 atom stereocenters. The molecule has 1 amide bonds. The summed E-state index contributed by atoms with van der Waals surface area (Å²) in [6, 6.07) is 9.97. The first-order valence-corrected chi connectivity index (χ1v) is 8.55. The number of aromatic amines is 1. The number of hydrogen-bond donors (Lipinski definition) is 2. The van der Waals surface area contributed by atoms with E-state index in [0.717, 1.165) is 27.7 Å². The molecular formula is C20H24N4O2. The second-order valence-electron chi connectivity index (χ2n) is 7.86. The summed E-state index contributed by atoms with van der Waals surface area (Å²) in [7, 11) is 0. The Kier molecular flexibility index (Phi) is 4.44. The van der Waals surface area contributed by atoms with Gasteiger partial charge in [0.05, 0.1) is 22.9 Å². The molecule has 2 N–H and O–H groups in total. The predicted molar refractivity (Wildman–Crippen MR) is 102 cm³/mol. The van der Waals surface area contributed by atoms with Gasteiger partial charge >= 0.3 is 6.09 Å². The first kappa shape index (κ1) is 17.9. The number of hydrogen-bond acceptors (Lipinski definition) is 4. The number of alkyl carbamates (subject to hydrolysis) is 1. The average Bonchev–Trinajstić information content (AvgIpc) is 3.00. The molecule has 6 heteroatoms. The summed E-state index contributed by atoms with van der Waals surface area (Å²) in [5, 5.41) is 10.9. The molecule has 0 aliphatic heterocycles. The summed E-state index contributed by atoms with van der Waals surface area (Å²) in [6.45, 7) is 9.36. The lowest BCUT2D eigenvalue weighted by Gasteiger charge is -2.29. The Bertz CT molecular complexity index is 921. The molecule has 2 aromatic heterocycles. The monoisotopic (exact) mass is 352 g/mol. The number of nitrogens with zero attached hydrogens (tertiary/aromatic N) is 2. The minimum atomic E-state index is -0.595. The van der Waals surface area contributed by atoms with Gasteiger partial charge in [-0.25, -0.2) is 4.79 Å². The number of carbonyl (C=O) groups excluding carboxylic acids is 1. The zero-order valence-corrected chi connectivity index (χ0v) is 15.8. The van der Waals surface area contributed by atoms with E-state index in [0.29, 0.717) is 0 Å². The SMILES string of the molecule is CC(C)(C)OC(=O)NC(C)(C)c1ccc(-c2ccc3[nH]ncc3c2)nc1. The van der Waals surface area contributed by atoms with E-state index in [-0.39, 0.29) is 0 Å². The van der Waals surface area contributed by atoms with Crippen LogP contribution in [0.3, 0.4) is 0 Å². The fourth-order valence-corrected chi connectivity index (χ4v) is 2.67. The largest absolute Gasteiger partial charge is 0.444 e. The molecular weight excluding hydrogens is 328 g/mol. The van der Waals surface area contributed by atoms with E-state index < -0.39 is 17.2 Å². The van der Waals surface area contributed by atoms with Gasteiger partial charge in [0.25, 0.3) is 0 Å². The van der Waals surface area contributed by atoms with Crippen molar-refractivity contribution in [1.82, 2.24) is 20.5 Å². The van der Waals surface area contributed by atoms with Crippen LogP contribution in [0.4, 0.5) is 4.79 Å². The number of aromatic nitrogens is 3. The quantitative estimate of drug-likeness (QED) is 0.733. The van der Waals surface area contributed by atoms with E-state index in [1.807, 2.05) is 65.0 Å². The van der Waals surface area contributed by atoms with Gasteiger partial charge in [-0.05, 0) is 58.4 Å². The Morgan fingerprint density at radius 2 is 1.85 bits per heavy atom. The average molecular weight is 352 g/mol. The molecule has 1 aromatic carbocycles. The highest BCUT2D eigenvalue weighted by molar-refractivity contribution is 5.83. The highest BCUT2D eigenvalue weighted by Crippen LogP contribution is 2.25. The molecule has 0 unspecified atom stereocenters. The molecule has 136 valence electrons. The number of carbonyl (C=O) groups is 1. The van der Waals surface area contributed by atoms with Gasteiger partial charge < -0.3 is 10.1 Å². The maximum atomic E-state index is 12.1. The van der Waals surface area contributed by atoms with Crippen LogP contribution >= 0.6 is 0 Å². The smallest absolute Gasteiger partial charge is 0.408 e. The number of rotatable bonds is 3. The number of nitrogens with one attached hydrogen (secondary N) is 2. The Labute approximate surface area is 153 Å². The van der Waals surface area contributed by atoms with Gasteiger partial charge in [-0.3, -0.25) is 10.1 Å². The van der Waals surface area contributed by atoms with Gasteiger partial charge in [-0.2, -0.15) is 5.10 Å². The first-order chi connectivity index (χ1) is 12.1. The van der Waals surface area contributed by atoms with Gasteiger partial charge in [-0.1, -0.05) is 12.1 Å². The minimum absolute atomic E-state index is 0.447. The lowest BCUT2D eigenvalue weighted by molar-refractivity contribution is 0.0470. The summed E-state index contributed by atoms with van der Waals surface area (Å²) < 4.78 is 5.34. The van der Waals surface area contributed by atoms with Crippen LogP contribution in [0.25, 0.3) is 22.2 Å². The van der Waals surface area contributed by atoms with Crippen LogP contribution in [0, 0.1) is 0 Å². The number of benzene rings is 1. The van der Waals surface area contributed by atoms with Crippen LogP contribution < -0.4 is 5.32 Å². The number of pyridine rings is 1. The topological polar surface area (TPSA) is 79.9 Å². The molecule has 0 aliphatic rings. The zero-order chi connectivity index (χ0) is 18.9. The third-order valence-corrected chi connectivity index (χ3v) is 4.03. The molecule has 3 aromatic rings. The van der Waals surface area contributed by atoms with E-state index in [2.05, 4.69) is 20.5 Å². The van der Waals surface area contributed by atoms with Crippen molar-refractivity contribution < 1.29 is 9.53 Å². The summed E-state index contributed by atoms with van der Waals surface area (Å²) in [5.41, 5.74) is 2.65. The molecule has 0 saturated heterocycles.